The summed E-state index contributed by atoms with van der Waals surface area (Å²) in [4.78, 5) is 15.1. The minimum atomic E-state index is -1.89. The molecule has 24 heteroatoms. The Bertz CT molecular complexity index is 2340. The standard InChI is InChI=1S/C59H94O24/c1-24-11-16-59(54(74)83-52-46(72)43(69)40(66)32(80-52)23-76-50-47(73)44(70)48(31(21-60)79-50)82-51-45(71)42(68)37(63)26(3)77-51)18-17-57(7)27(28(59)19-24)9-10-34-56(6)14-13-35(55(4,5)33(56)12-15-58(34,57)8)81-53-49(38(64)29(61)22-75-53)78-30-20-25(2)36(62)41(67)39(30)65/h9,25-26,28-53,60-73H,1,10-23H2,2-8H3. The van der Waals surface area contributed by atoms with Crippen molar-refractivity contribution in [2.75, 3.05) is 19.8 Å². The van der Waals surface area contributed by atoms with Gasteiger partial charge in [0.25, 0.3) is 0 Å². The van der Waals surface area contributed by atoms with E-state index in [4.69, 9.17) is 42.6 Å². The van der Waals surface area contributed by atoms with Gasteiger partial charge < -0.3 is 114 Å². The molecule has 10 rings (SSSR count). The molecular weight excluding hydrogens is 1090 g/mol. The Hall–Kier alpha value is -1.93. The quantitative estimate of drug-likeness (QED) is 0.0612. The van der Waals surface area contributed by atoms with E-state index < -0.39 is 177 Å². The number of rotatable bonds is 12. The van der Waals surface area contributed by atoms with Crippen molar-refractivity contribution < 1.29 is 119 Å². The molecule has 9 fully saturated rings. The zero-order valence-corrected chi connectivity index (χ0v) is 48.7. The van der Waals surface area contributed by atoms with Crippen LogP contribution in [0.5, 0.6) is 0 Å². The van der Waals surface area contributed by atoms with Gasteiger partial charge in [-0.25, -0.2) is 0 Å². The van der Waals surface area contributed by atoms with Crippen LogP contribution in [0.2, 0.25) is 0 Å². The molecule has 0 aromatic heterocycles. The zero-order chi connectivity index (χ0) is 60.4. The third-order valence-electron chi connectivity index (χ3n) is 23.0. The molecule has 0 radical (unpaired) electrons. The highest BCUT2D eigenvalue weighted by atomic mass is 16.8. The second kappa shape index (κ2) is 23.8. The SMILES string of the molecule is C=C1CCC2(C(=O)OC3OC(COC4OC(CO)C(OC5OC(C)C(O)C(O)C5O)C(O)C4O)C(O)C(O)C3O)CCC3(C)C(=CCC4C5(C)CCC(OC6OCC(O)C(O)C6OC6CC(C)C(O)C(O)C6O)C(C)(C)C5CCC43C)C2C1. The smallest absolute Gasteiger partial charge is 0.315 e. The summed E-state index contributed by atoms with van der Waals surface area (Å²) in [6.07, 6.45) is -25.8. The van der Waals surface area contributed by atoms with Crippen molar-refractivity contribution >= 4 is 5.97 Å². The van der Waals surface area contributed by atoms with Crippen molar-refractivity contribution in [2.24, 2.45) is 50.7 Å². The maximum atomic E-state index is 15.1. The number of aliphatic hydroxyl groups is 14. The minimum Gasteiger partial charge on any atom is -0.432 e. The average molecular weight is 1190 g/mol. The first-order chi connectivity index (χ1) is 38.9. The third-order valence-corrected chi connectivity index (χ3v) is 23.0. The van der Waals surface area contributed by atoms with Gasteiger partial charge in [-0.2, -0.15) is 0 Å². The van der Waals surface area contributed by atoms with E-state index in [1.807, 2.05) is 0 Å². The monoisotopic (exact) mass is 1190 g/mol. The molecule has 474 valence electrons. The van der Waals surface area contributed by atoms with Crippen molar-refractivity contribution in [3.8, 4) is 0 Å². The van der Waals surface area contributed by atoms with Gasteiger partial charge >= 0.3 is 5.97 Å². The van der Waals surface area contributed by atoms with Crippen LogP contribution < -0.4 is 0 Å². The highest BCUT2D eigenvalue weighted by Crippen LogP contribution is 2.75. The van der Waals surface area contributed by atoms with Crippen LogP contribution in [-0.2, 0) is 47.4 Å². The topological polar surface area (TPSA) is 383 Å². The Morgan fingerprint density at radius 2 is 1.30 bits per heavy atom. The first-order valence-corrected chi connectivity index (χ1v) is 30.2. The number of hydrogen-bond donors (Lipinski definition) is 14. The lowest BCUT2D eigenvalue weighted by Crippen LogP contribution is -2.66. The second-order valence-corrected chi connectivity index (χ2v) is 27.8. The molecule has 4 aliphatic heterocycles. The summed E-state index contributed by atoms with van der Waals surface area (Å²) >= 11 is 0. The summed E-state index contributed by atoms with van der Waals surface area (Å²) in [7, 11) is 0. The summed E-state index contributed by atoms with van der Waals surface area (Å²) < 4.78 is 54.1. The summed E-state index contributed by atoms with van der Waals surface area (Å²) in [5, 5.41) is 151. The molecule has 0 amide bonds. The highest BCUT2D eigenvalue weighted by molar-refractivity contribution is 5.79. The molecule has 5 saturated carbocycles. The normalized spacial score (nSPS) is 54.5. The molecule has 0 aromatic carbocycles. The molecule has 0 spiro atoms. The molecule has 0 aromatic rings. The first-order valence-electron chi connectivity index (χ1n) is 30.2. The zero-order valence-electron chi connectivity index (χ0n) is 48.7. The van der Waals surface area contributed by atoms with Crippen molar-refractivity contribution in [2.45, 2.75) is 266 Å². The Labute approximate surface area is 484 Å². The van der Waals surface area contributed by atoms with E-state index in [0.29, 0.717) is 38.5 Å². The fraction of sp³-hybridized carbons (Fsp3) is 0.915. The van der Waals surface area contributed by atoms with Crippen LogP contribution >= 0.6 is 0 Å². The van der Waals surface area contributed by atoms with E-state index in [2.05, 4.69) is 47.3 Å². The lowest BCUT2D eigenvalue weighted by atomic mass is 9.34. The molecule has 32 atom stereocenters. The Balaban J connectivity index is 0.815. The van der Waals surface area contributed by atoms with Gasteiger partial charge in [0, 0.05) is 5.92 Å². The van der Waals surface area contributed by atoms with E-state index in [-0.39, 0.29) is 53.1 Å². The van der Waals surface area contributed by atoms with Crippen LogP contribution in [0.15, 0.2) is 23.8 Å². The lowest BCUT2D eigenvalue weighted by molar-refractivity contribution is -0.361. The van der Waals surface area contributed by atoms with Crippen LogP contribution in [0, 0.1) is 50.7 Å². The summed E-state index contributed by atoms with van der Waals surface area (Å²) in [6.45, 7) is 17.6. The number of carbonyl (C=O) groups is 1. The Kier molecular flexibility index (Phi) is 18.4. The van der Waals surface area contributed by atoms with Crippen molar-refractivity contribution in [1.29, 1.82) is 0 Å². The molecule has 0 bridgehead atoms. The van der Waals surface area contributed by atoms with Crippen LogP contribution in [0.3, 0.4) is 0 Å². The van der Waals surface area contributed by atoms with Gasteiger partial charge in [-0.15, -0.1) is 0 Å². The van der Waals surface area contributed by atoms with Gasteiger partial charge in [-0.3, -0.25) is 4.79 Å². The van der Waals surface area contributed by atoms with E-state index >= 15 is 4.79 Å². The number of hydrogen-bond acceptors (Lipinski definition) is 24. The predicted octanol–water partition coefficient (Wildman–Crippen LogP) is -1.32. The van der Waals surface area contributed by atoms with Crippen molar-refractivity contribution in [3.05, 3.63) is 23.8 Å². The highest BCUT2D eigenvalue weighted by Gasteiger charge is 2.70. The van der Waals surface area contributed by atoms with E-state index in [0.717, 1.165) is 31.3 Å². The number of carbonyl (C=O) groups excluding carboxylic acids is 1. The number of fused-ring (bicyclic) bond motifs is 7. The van der Waals surface area contributed by atoms with Crippen LogP contribution in [-0.4, -0.2) is 245 Å². The molecular formula is C59H94O24. The number of aliphatic hydroxyl groups excluding tert-OH is 14. The maximum Gasteiger partial charge on any atom is 0.315 e. The second-order valence-electron chi connectivity index (χ2n) is 27.8. The van der Waals surface area contributed by atoms with E-state index in [1.54, 1.807) is 6.92 Å². The molecule has 14 N–H and O–H groups in total. The van der Waals surface area contributed by atoms with Crippen LogP contribution in [0.1, 0.15) is 119 Å². The molecule has 10 aliphatic rings. The number of ether oxygens (including phenoxy) is 9. The van der Waals surface area contributed by atoms with Crippen LogP contribution in [0.25, 0.3) is 0 Å². The van der Waals surface area contributed by atoms with Gasteiger partial charge in [0.1, 0.15) is 97.7 Å². The van der Waals surface area contributed by atoms with E-state index in [1.165, 1.54) is 12.5 Å². The molecule has 32 unspecified atom stereocenters. The summed E-state index contributed by atoms with van der Waals surface area (Å²) in [5.41, 5.74) is -0.0166. The molecule has 83 heavy (non-hydrogen) atoms. The van der Waals surface area contributed by atoms with Gasteiger partial charge in [-0.05, 0) is 117 Å². The Morgan fingerprint density at radius 1 is 0.639 bits per heavy atom. The van der Waals surface area contributed by atoms with Gasteiger partial charge in [0.2, 0.25) is 6.29 Å². The van der Waals surface area contributed by atoms with Crippen molar-refractivity contribution in [3.63, 3.8) is 0 Å². The lowest BCUT2D eigenvalue weighted by Gasteiger charge is -2.71. The fourth-order valence-electron chi connectivity index (χ4n) is 17.5. The van der Waals surface area contributed by atoms with Crippen LogP contribution in [0.4, 0.5) is 0 Å². The predicted molar refractivity (Wildman–Crippen MR) is 285 cm³/mol. The third kappa shape index (κ3) is 10.7. The average Bonchev–Trinajstić information content (AvgIpc) is 0.778. The molecule has 4 heterocycles. The van der Waals surface area contributed by atoms with Crippen molar-refractivity contribution in [1.82, 2.24) is 0 Å². The maximum absolute atomic E-state index is 15.1. The molecule has 4 saturated heterocycles. The molecule has 24 nitrogen and oxygen atoms in total. The number of esters is 1. The number of allylic oxidation sites excluding steroid dienone is 3. The van der Waals surface area contributed by atoms with E-state index in [9.17, 15) is 71.5 Å². The van der Waals surface area contributed by atoms with Gasteiger partial charge in [0.05, 0.1) is 49.7 Å². The summed E-state index contributed by atoms with van der Waals surface area (Å²) in [5.74, 6) is -0.923. The fourth-order valence-corrected chi connectivity index (χ4v) is 17.5. The van der Waals surface area contributed by atoms with Gasteiger partial charge in [-0.1, -0.05) is 65.3 Å². The van der Waals surface area contributed by atoms with Gasteiger partial charge in [0.15, 0.2) is 18.9 Å². The Morgan fingerprint density at radius 3 is 2.01 bits per heavy atom. The first kappa shape index (κ1) is 64.1. The molecule has 6 aliphatic carbocycles. The largest absolute Gasteiger partial charge is 0.432 e. The minimum absolute atomic E-state index is 0.160. The summed E-state index contributed by atoms with van der Waals surface area (Å²) in [6, 6.07) is 0.